The second-order valence-corrected chi connectivity index (χ2v) is 14.8. The van der Waals surface area contributed by atoms with E-state index in [-0.39, 0.29) is 28.4 Å². The first-order valence-corrected chi connectivity index (χ1v) is 17.1. The average molecular weight is 657 g/mol. The highest BCUT2D eigenvalue weighted by atomic mass is 35.5. The minimum atomic E-state index is -1.26. The average Bonchev–Trinajstić information content (AvgIpc) is 3.47. The molecule has 45 heavy (non-hydrogen) atoms. The number of hydrogen-bond acceptors (Lipinski definition) is 5. The van der Waals surface area contributed by atoms with Crippen molar-refractivity contribution >= 4 is 46.7 Å². The number of halogens is 3. The summed E-state index contributed by atoms with van der Waals surface area (Å²) in [4.78, 5) is 44.7. The Balaban J connectivity index is 1.40. The predicted molar refractivity (Wildman–Crippen MR) is 171 cm³/mol. The first-order chi connectivity index (χ1) is 21.6. The number of anilines is 1. The van der Waals surface area contributed by atoms with Gasteiger partial charge in [-0.1, -0.05) is 67.6 Å². The van der Waals surface area contributed by atoms with Crippen molar-refractivity contribution in [2.45, 2.75) is 106 Å². The van der Waals surface area contributed by atoms with Crippen molar-refractivity contribution in [1.29, 1.82) is 0 Å². The molecule has 3 atom stereocenters. The third-order valence-electron chi connectivity index (χ3n) is 12.3. The van der Waals surface area contributed by atoms with Crippen LogP contribution in [0.4, 0.5) is 10.1 Å². The van der Waals surface area contributed by atoms with Crippen molar-refractivity contribution in [2.24, 2.45) is 5.41 Å². The van der Waals surface area contributed by atoms with Crippen molar-refractivity contribution in [1.82, 2.24) is 10.2 Å². The van der Waals surface area contributed by atoms with Gasteiger partial charge in [0.15, 0.2) is 0 Å². The van der Waals surface area contributed by atoms with E-state index < -0.39 is 39.7 Å². The largest absolute Gasteiger partial charge is 0.469 e. The van der Waals surface area contributed by atoms with E-state index in [0.717, 1.165) is 24.8 Å². The number of hydrogen-bond donors (Lipinski definition) is 2. The van der Waals surface area contributed by atoms with Crippen LogP contribution in [-0.2, 0) is 24.5 Å². The molecule has 2 bridgehead atoms. The zero-order chi connectivity index (χ0) is 31.8. The third kappa shape index (κ3) is 4.20. The van der Waals surface area contributed by atoms with Crippen LogP contribution in [0.3, 0.4) is 0 Å². The number of ether oxygens (including phenoxy) is 1. The molecule has 2 aromatic carbocycles. The normalized spacial score (nSPS) is 33.3. The maximum absolute atomic E-state index is 16.4. The Morgan fingerprint density at radius 2 is 1.71 bits per heavy atom. The van der Waals surface area contributed by atoms with Gasteiger partial charge in [0.1, 0.15) is 11.2 Å². The summed E-state index contributed by atoms with van der Waals surface area (Å²) in [5.74, 6) is -2.05. The number of likely N-dealkylation sites (N-methyl/N-ethyl adjacent to an activating group) is 1. The van der Waals surface area contributed by atoms with E-state index in [0.29, 0.717) is 68.6 Å². The van der Waals surface area contributed by atoms with Gasteiger partial charge in [0.25, 0.3) is 0 Å². The quantitative estimate of drug-likeness (QED) is 0.342. The lowest BCUT2D eigenvalue weighted by atomic mass is 9.55. The summed E-state index contributed by atoms with van der Waals surface area (Å²) >= 11 is 12.9. The van der Waals surface area contributed by atoms with Crippen LogP contribution in [0, 0.1) is 11.2 Å². The van der Waals surface area contributed by atoms with Crippen LogP contribution in [-0.4, -0.2) is 53.5 Å². The van der Waals surface area contributed by atoms with Crippen LogP contribution in [0.5, 0.6) is 0 Å². The van der Waals surface area contributed by atoms with E-state index in [1.165, 1.54) is 13.2 Å². The molecule has 4 aliphatic carbocycles. The topological polar surface area (TPSA) is 87.7 Å². The number of likely N-dealkylation sites (tertiary alicyclic amines) is 1. The highest BCUT2D eigenvalue weighted by molar-refractivity contribution is 6.31. The van der Waals surface area contributed by atoms with Gasteiger partial charge in [0, 0.05) is 27.7 Å². The summed E-state index contributed by atoms with van der Waals surface area (Å²) in [7, 11) is 1.44. The molecule has 0 aromatic heterocycles. The van der Waals surface area contributed by atoms with Crippen LogP contribution in [0.2, 0.25) is 10.0 Å². The highest BCUT2D eigenvalue weighted by Gasteiger charge is 2.75. The van der Waals surface area contributed by atoms with E-state index in [1.54, 1.807) is 24.3 Å². The molecule has 4 saturated carbocycles. The Morgan fingerprint density at radius 3 is 2.36 bits per heavy atom. The molecule has 2 N–H and O–H groups in total. The van der Waals surface area contributed by atoms with Gasteiger partial charge in [-0.25, -0.2) is 4.39 Å². The molecule has 2 amide bonds. The van der Waals surface area contributed by atoms with Crippen molar-refractivity contribution in [3.8, 4) is 0 Å². The summed E-state index contributed by atoms with van der Waals surface area (Å²) in [6, 6.07) is 9.49. The highest BCUT2D eigenvalue weighted by Crippen LogP contribution is 2.66. The lowest BCUT2D eigenvalue weighted by molar-refractivity contribution is -0.161. The maximum atomic E-state index is 16.4. The Morgan fingerprint density at radius 1 is 1.02 bits per heavy atom. The minimum absolute atomic E-state index is 0.0403. The lowest BCUT2D eigenvalue weighted by Crippen LogP contribution is -2.63. The van der Waals surface area contributed by atoms with Gasteiger partial charge >= 0.3 is 5.97 Å². The Kier molecular flexibility index (Phi) is 7.53. The predicted octanol–water partition coefficient (Wildman–Crippen LogP) is 6.90. The zero-order valence-corrected chi connectivity index (χ0v) is 27.3. The molecule has 7 nitrogen and oxygen atoms in total. The molecular weight excluding hydrogens is 616 g/mol. The van der Waals surface area contributed by atoms with Gasteiger partial charge in [0.2, 0.25) is 11.8 Å². The third-order valence-corrected chi connectivity index (χ3v) is 12.8. The molecule has 0 radical (unpaired) electrons. The van der Waals surface area contributed by atoms with Crippen LogP contribution in [0.1, 0.15) is 94.6 Å². The molecule has 10 heteroatoms. The van der Waals surface area contributed by atoms with E-state index >= 15 is 9.18 Å². The standard InChI is InChI=1S/C35H40Cl2FN3O4/c1-3-41-28(29(42)40-33-17-14-32(15-18-33,16-19-33)31(44)45-2)26(22-8-7-9-24(37)27(22)38)35(34(41)12-5-4-6-13-34)23-11-10-21(36)20-25(23)39-30(35)43/h7-11,20,26,28H,3-6,12-19H2,1-2H3,(H,39,43)(H,40,42)/t26-,28+,32?,33?,35+/m0/s1. The van der Waals surface area contributed by atoms with Crippen LogP contribution < -0.4 is 10.6 Å². The number of carbonyl (C=O) groups excluding carboxylic acids is 3. The van der Waals surface area contributed by atoms with E-state index in [1.807, 2.05) is 13.0 Å². The number of esters is 1. The lowest BCUT2D eigenvalue weighted by Gasteiger charge is -2.52. The van der Waals surface area contributed by atoms with Gasteiger partial charge in [-0.15, -0.1) is 0 Å². The smallest absolute Gasteiger partial charge is 0.311 e. The molecule has 5 fully saturated rings. The van der Waals surface area contributed by atoms with Gasteiger partial charge in [-0.2, -0.15) is 0 Å². The first kappa shape index (κ1) is 30.9. The fraction of sp³-hybridized carbons (Fsp3) is 0.571. The molecular formula is C35H40Cl2FN3O4. The summed E-state index contributed by atoms with van der Waals surface area (Å²) in [6.07, 6.45) is 8.18. The summed E-state index contributed by atoms with van der Waals surface area (Å²) in [5.41, 5.74) is -1.30. The minimum Gasteiger partial charge on any atom is -0.469 e. The molecule has 1 saturated heterocycles. The monoisotopic (exact) mass is 655 g/mol. The SMILES string of the molecule is CCN1[C@@H](C(=O)NC23CCC(C(=O)OC)(CC2)CC3)[C@H](c2cccc(Cl)c2F)[C@]2(C(=O)Nc3cc(Cl)ccc32)C12CCCCC2. The summed E-state index contributed by atoms with van der Waals surface area (Å²) in [6.45, 7) is 2.54. The molecule has 6 aliphatic rings. The van der Waals surface area contributed by atoms with Crippen molar-refractivity contribution in [2.75, 3.05) is 19.0 Å². The number of methoxy groups -OCH3 is 1. The number of benzene rings is 2. The Labute approximate surface area is 273 Å². The Bertz CT molecular complexity index is 1550. The first-order valence-electron chi connectivity index (χ1n) is 16.3. The zero-order valence-electron chi connectivity index (χ0n) is 25.8. The van der Waals surface area contributed by atoms with E-state index in [9.17, 15) is 9.59 Å². The van der Waals surface area contributed by atoms with Gasteiger partial charge in [0.05, 0.1) is 23.6 Å². The molecule has 2 heterocycles. The number of carbonyl (C=O) groups is 3. The molecule has 240 valence electrons. The fourth-order valence-electron chi connectivity index (χ4n) is 10.3. The number of nitrogens with zero attached hydrogens (tertiary/aromatic N) is 1. The van der Waals surface area contributed by atoms with Crippen molar-refractivity contribution < 1.29 is 23.5 Å². The molecule has 2 spiro atoms. The van der Waals surface area contributed by atoms with Crippen LogP contribution >= 0.6 is 23.2 Å². The molecule has 8 rings (SSSR count). The number of nitrogens with one attached hydrogen (secondary N) is 2. The maximum Gasteiger partial charge on any atom is 0.311 e. The van der Waals surface area contributed by atoms with Gasteiger partial charge in [-0.05, 0) is 87.2 Å². The van der Waals surface area contributed by atoms with Gasteiger partial charge in [-0.3, -0.25) is 19.3 Å². The summed E-state index contributed by atoms with van der Waals surface area (Å²) < 4.78 is 21.5. The van der Waals surface area contributed by atoms with Crippen LogP contribution in [0.15, 0.2) is 36.4 Å². The van der Waals surface area contributed by atoms with Gasteiger partial charge < -0.3 is 15.4 Å². The molecule has 2 aliphatic heterocycles. The second-order valence-electron chi connectivity index (χ2n) is 13.9. The number of rotatable bonds is 5. The summed E-state index contributed by atoms with van der Waals surface area (Å²) in [5, 5.41) is 7.05. The van der Waals surface area contributed by atoms with Crippen molar-refractivity contribution in [3.63, 3.8) is 0 Å². The fourth-order valence-corrected chi connectivity index (χ4v) is 10.6. The second kappa shape index (κ2) is 11.0. The van der Waals surface area contributed by atoms with E-state index in [2.05, 4.69) is 15.5 Å². The van der Waals surface area contributed by atoms with Crippen LogP contribution in [0.25, 0.3) is 0 Å². The molecule has 2 aromatic rings. The Hall–Kier alpha value is -2.68. The number of fused-ring (bicyclic) bond motifs is 6. The van der Waals surface area contributed by atoms with E-state index in [4.69, 9.17) is 27.9 Å². The molecule has 0 unspecified atom stereocenters. The number of amides is 2. The van der Waals surface area contributed by atoms with Crippen molar-refractivity contribution in [3.05, 3.63) is 63.4 Å².